The molecule has 3 nitrogen and oxygen atoms in total. The van der Waals surface area contributed by atoms with Crippen molar-refractivity contribution in [3.8, 4) is 6.07 Å². The summed E-state index contributed by atoms with van der Waals surface area (Å²) >= 11 is 6.30. The van der Waals surface area contributed by atoms with E-state index >= 15 is 0 Å². The van der Waals surface area contributed by atoms with Crippen LogP contribution in [0.3, 0.4) is 0 Å². The van der Waals surface area contributed by atoms with Crippen LogP contribution >= 0.6 is 11.6 Å². The van der Waals surface area contributed by atoms with Gasteiger partial charge < -0.3 is 5.32 Å². The van der Waals surface area contributed by atoms with E-state index in [-0.39, 0.29) is 5.57 Å². The van der Waals surface area contributed by atoms with Crippen LogP contribution in [0.2, 0.25) is 5.02 Å². The topological polar surface area (TPSA) is 52.9 Å². The molecule has 144 valence electrons. The quantitative estimate of drug-likeness (QED) is 0.416. The van der Waals surface area contributed by atoms with Crippen molar-refractivity contribution < 1.29 is 4.79 Å². The Morgan fingerprint density at radius 1 is 1.00 bits per heavy atom. The minimum absolute atomic E-state index is 0.0533. The van der Waals surface area contributed by atoms with Crippen molar-refractivity contribution in [2.45, 2.75) is 20.3 Å². The van der Waals surface area contributed by atoms with Crippen molar-refractivity contribution in [3.05, 3.63) is 105 Å². The van der Waals surface area contributed by atoms with Gasteiger partial charge in [-0.05, 0) is 66.3 Å². The number of hydrogen-bond acceptors (Lipinski definition) is 2. The van der Waals surface area contributed by atoms with Crippen molar-refractivity contribution in [3.63, 3.8) is 0 Å². The fraction of sp³-hybridized carbons (Fsp3) is 0.120. The van der Waals surface area contributed by atoms with Crippen LogP contribution < -0.4 is 5.32 Å². The molecule has 0 aromatic heterocycles. The van der Waals surface area contributed by atoms with Gasteiger partial charge in [0.2, 0.25) is 0 Å². The summed E-state index contributed by atoms with van der Waals surface area (Å²) in [6.45, 7) is 3.93. The number of nitrogens with zero attached hydrogens (tertiary/aromatic N) is 1. The predicted molar refractivity (Wildman–Crippen MR) is 119 cm³/mol. The minimum Gasteiger partial charge on any atom is -0.321 e. The number of benzene rings is 3. The number of carbonyl (C=O) groups excluding carboxylic acids is 1. The Kier molecular flexibility index (Phi) is 6.49. The van der Waals surface area contributed by atoms with E-state index < -0.39 is 5.91 Å². The molecule has 3 aromatic rings. The maximum absolute atomic E-state index is 12.7. The minimum atomic E-state index is -0.422. The van der Waals surface area contributed by atoms with Crippen LogP contribution in [0.15, 0.2) is 72.3 Å². The molecule has 0 heterocycles. The first-order chi connectivity index (χ1) is 14.0. The Morgan fingerprint density at radius 2 is 1.69 bits per heavy atom. The number of hydrogen-bond donors (Lipinski definition) is 1. The van der Waals surface area contributed by atoms with Gasteiger partial charge in [0.1, 0.15) is 11.6 Å². The summed E-state index contributed by atoms with van der Waals surface area (Å²) in [4.78, 5) is 12.7. The van der Waals surface area contributed by atoms with Crippen molar-refractivity contribution in [2.75, 3.05) is 5.32 Å². The van der Waals surface area contributed by atoms with Crippen LogP contribution in [0.4, 0.5) is 5.69 Å². The molecule has 0 atom stereocenters. The van der Waals surface area contributed by atoms with Crippen LogP contribution in [0.25, 0.3) is 6.08 Å². The van der Waals surface area contributed by atoms with E-state index in [0.29, 0.717) is 17.1 Å². The SMILES string of the molecule is Cc1cccc(NC(=O)/C(C#N)=C/c2ccccc2Cc2ccccc2Cl)c1C. The Labute approximate surface area is 176 Å². The zero-order valence-corrected chi connectivity index (χ0v) is 17.1. The van der Waals surface area contributed by atoms with Crippen molar-refractivity contribution in [2.24, 2.45) is 0 Å². The lowest BCUT2D eigenvalue weighted by Gasteiger charge is -2.11. The molecule has 0 radical (unpaired) electrons. The molecule has 0 saturated heterocycles. The third-order valence-electron chi connectivity index (χ3n) is 4.91. The fourth-order valence-electron chi connectivity index (χ4n) is 3.06. The molecule has 3 rings (SSSR count). The van der Waals surface area contributed by atoms with Crippen molar-refractivity contribution in [1.29, 1.82) is 5.26 Å². The molecule has 0 fully saturated rings. The first-order valence-electron chi connectivity index (χ1n) is 9.30. The van der Waals surface area contributed by atoms with Crippen molar-refractivity contribution in [1.82, 2.24) is 0 Å². The second kappa shape index (κ2) is 9.23. The lowest BCUT2D eigenvalue weighted by Crippen LogP contribution is -2.14. The molecule has 1 N–H and O–H groups in total. The molecule has 1 amide bonds. The molecular formula is C25H21ClN2O. The molecular weight excluding hydrogens is 380 g/mol. The molecule has 29 heavy (non-hydrogen) atoms. The highest BCUT2D eigenvalue weighted by molar-refractivity contribution is 6.31. The maximum Gasteiger partial charge on any atom is 0.266 e. The van der Waals surface area contributed by atoms with Crippen LogP contribution in [0.5, 0.6) is 0 Å². The summed E-state index contributed by atoms with van der Waals surface area (Å²) < 4.78 is 0. The number of rotatable bonds is 5. The van der Waals surface area contributed by atoms with Crippen LogP contribution in [-0.2, 0) is 11.2 Å². The molecule has 0 saturated carbocycles. The third kappa shape index (κ3) is 4.93. The van der Waals surface area contributed by atoms with Gasteiger partial charge in [-0.3, -0.25) is 4.79 Å². The summed E-state index contributed by atoms with van der Waals surface area (Å²) in [7, 11) is 0. The van der Waals surface area contributed by atoms with Crippen LogP contribution in [0.1, 0.15) is 27.8 Å². The molecule has 0 bridgehead atoms. The third-order valence-corrected chi connectivity index (χ3v) is 5.28. The highest BCUT2D eigenvalue weighted by Gasteiger charge is 2.13. The number of anilines is 1. The monoisotopic (exact) mass is 400 g/mol. The average molecular weight is 401 g/mol. The van der Waals surface area contributed by atoms with E-state index in [4.69, 9.17) is 11.6 Å². The molecule has 3 aromatic carbocycles. The Bertz CT molecular complexity index is 1130. The number of nitriles is 1. The van der Waals surface area contributed by atoms with Gasteiger partial charge in [0.05, 0.1) is 0 Å². The Morgan fingerprint density at radius 3 is 2.41 bits per heavy atom. The standard InChI is InChI=1S/C25H21ClN2O/c1-17-8-7-13-24(18(17)2)28-25(29)22(16-27)15-20-10-4-3-9-19(20)14-21-11-5-6-12-23(21)26/h3-13,15H,14H2,1-2H3,(H,28,29)/b22-15+. The molecule has 0 aliphatic heterocycles. The zero-order valence-electron chi connectivity index (χ0n) is 16.4. The summed E-state index contributed by atoms with van der Waals surface area (Å²) in [5.74, 6) is -0.422. The lowest BCUT2D eigenvalue weighted by molar-refractivity contribution is -0.112. The summed E-state index contributed by atoms with van der Waals surface area (Å²) in [6, 6.07) is 23.1. The van der Waals surface area contributed by atoms with Gasteiger partial charge in [-0.25, -0.2) is 0 Å². The zero-order chi connectivity index (χ0) is 20.8. The molecule has 0 spiro atoms. The second-order valence-electron chi connectivity index (χ2n) is 6.84. The Balaban J connectivity index is 1.90. The van der Waals surface area contributed by atoms with Gasteiger partial charge in [-0.2, -0.15) is 5.26 Å². The number of amides is 1. The van der Waals surface area contributed by atoms with E-state index in [2.05, 4.69) is 5.32 Å². The first kappa shape index (κ1) is 20.4. The molecule has 0 aliphatic rings. The highest BCUT2D eigenvalue weighted by Crippen LogP contribution is 2.23. The van der Waals surface area contributed by atoms with Crippen molar-refractivity contribution >= 4 is 29.3 Å². The number of carbonyl (C=O) groups is 1. The van der Waals surface area contributed by atoms with Gasteiger partial charge in [0, 0.05) is 10.7 Å². The highest BCUT2D eigenvalue weighted by atomic mass is 35.5. The van der Waals surface area contributed by atoms with Gasteiger partial charge in [0.25, 0.3) is 5.91 Å². The largest absolute Gasteiger partial charge is 0.321 e. The second-order valence-corrected chi connectivity index (χ2v) is 7.25. The summed E-state index contributed by atoms with van der Waals surface area (Å²) in [6.07, 6.45) is 2.25. The van der Waals surface area contributed by atoms with Gasteiger partial charge in [0.15, 0.2) is 0 Å². The summed E-state index contributed by atoms with van der Waals surface area (Å²) in [5.41, 5.74) is 5.63. The average Bonchev–Trinajstić information content (AvgIpc) is 2.72. The first-order valence-corrected chi connectivity index (χ1v) is 9.68. The van der Waals surface area contributed by atoms with E-state index in [1.807, 2.05) is 86.6 Å². The van der Waals surface area contributed by atoms with E-state index in [1.54, 1.807) is 6.08 Å². The van der Waals surface area contributed by atoms with E-state index in [1.165, 1.54) is 0 Å². The van der Waals surface area contributed by atoms with Crippen LogP contribution in [0, 0.1) is 25.2 Å². The van der Waals surface area contributed by atoms with E-state index in [9.17, 15) is 10.1 Å². The molecule has 0 aliphatic carbocycles. The smallest absolute Gasteiger partial charge is 0.266 e. The van der Waals surface area contributed by atoms with Crippen LogP contribution in [-0.4, -0.2) is 5.91 Å². The maximum atomic E-state index is 12.7. The van der Waals surface area contributed by atoms with E-state index in [0.717, 1.165) is 27.8 Å². The van der Waals surface area contributed by atoms with Gasteiger partial charge >= 0.3 is 0 Å². The lowest BCUT2D eigenvalue weighted by atomic mass is 9.98. The Hall–Kier alpha value is -3.35. The molecule has 0 unspecified atom stereocenters. The number of aryl methyl sites for hydroxylation is 1. The number of halogens is 1. The fourth-order valence-corrected chi connectivity index (χ4v) is 3.27. The van der Waals surface area contributed by atoms with Gasteiger partial charge in [-0.15, -0.1) is 0 Å². The normalized spacial score (nSPS) is 11.0. The number of nitrogens with one attached hydrogen (secondary N) is 1. The summed E-state index contributed by atoms with van der Waals surface area (Å²) in [5, 5.41) is 13.1. The predicted octanol–water partition coefficient (Wildman–Crippen LogP) is 6.09. The van der Waals surface area contributed by atoms with Gasteiger partial charge in [-0.1, -0.05) is 66.2 Å². The molecule has 4 heteroatoms.